The van der Waals surface area contributed by atoms with Crippen molar-refractivity contribution in [2.75, 3.05) is 6.54 Å². The Morgan fingerprint density at radius 2 is 1.96 bits per heavy atom. The molecule has 0 atom stereocenters. The maximum Gasteiger partial charge on any atom is 0.267 e. The van der Waals surface area contributed by atoms with E-state index in [2.05, 4.69) is 11.4 Å². The predicted molar refractivity (Wildman–Crippen MR) is 89.0 cm³/mol. The second-order valence-corrected chi connectivity index (χ2v) is 5.99. The number of aryl methyl sites for hydroxylation is 1. The van der Waals surface area contributed by atoms with Gasteiger partial charge in [0, 0.05) is 24.0 Å². The Kier molecular flexibility index (Phi) is 3.50. The number of nitrogens with zero attached hydrogens (tertiary/aromatic N) is 2. The van der Waals surface area contributed by atoms with Gasteiger partial charge in [0.2, 0.25) is 0 Å². The zero-order chi connectivity index (χ0) is 17.6. The number of nitriles is 1. The number of amides is 1. The topological polar surface area (TPSA) is 57.8 Å². The highest BCUT2D eigenvalue weighted by molar-refractivity contribution is 6.03. The number of carbonyl (C=O) groups excluding carboxylic acids is 1. The van der Waals surface area contributed by atoms with Crippen molar-refractivity contribution in [1.29, 1.82) is 5.26 Å². The summed E-state index contributed by atoms with van der Waals surface area (Å²) in [6.07, 6.45) is 0.764. The van der Waals surface area contributed by atoms with Crippen molar-refractivity contribution in [2.45, 2.75) is 13.0 Å². The molecule has 1 aliphatic heterocycles. The highest BCUT2D eigenvalue weighted by atomic mass is 19.2. The van der Waals surface area contributed by atoms with E-state index in [1.807, 2.05) is 4.57 Å². The normalized spacial score (nSPS) is 13.9. The van der Waals surface area contributed by atoms with E-state index in [9.17, 15) is 18.8 Å². The molecule has 0 fully saturated rings. The molecule has 4 nitrogen and oxygen atoms in total. The molecular formula is C19H13F2N3O. The van der Waals surface area contributed by atoms with Gasteiger partial charge in [0.15, 0.2) is 11.6 Å². The van der Waals surface area contributed by atoms with Crippen molar-refractivity contribution >= 4 is 16.8 Å². The Hall–Kier alpha value is -3.20. The van der Waals surface area contributed by atoms with Crippen molar-refractivity contribution in [1.82, 2.24) is 9.88 Å². The third-order valence-electron chi connectivity index (χ3n) is 4.43. The lowest BCUT2D eigenvalue weighted by Gasteiger charge is -2.11. The van der Waals surface area contributed by atoms with Crippen LogP contribution >= 0.6 is 0 Å². The second-order valence-electron chi connectivity index (χ2n) is 5.99. The summed E-state index contributed by atoms with van der Waals surface area (Å²) in [4.78, 5) is 12.3. The molecule has 0 aliphatic carbocycles. The highest BCUT2D eigenvalue weighted by Gasteiger charge is 2.21. The molecule has 3 aromatic rings. The van der Waals surface area contributed by atoms with Crippen LogP contribution in [-0.2, 0) is 6.54 Å². The van der Waals surface area contributed by atoms with Crippen molar-refractivity contribution in [3.63, 3.8) is 0 Å². The maximum absolute atomic E-state index is 13.7. The lowest BCUT2D eigenvalue weighted by atomic mass is 10.00. The van der Waals surface area contributed by atoms with Crippen LogP contribution in [0.2, 0.25) is 0 Å². The first kappa shape index (κ1) is 15.3. The summed E-state index contributed by atoms with van der Waals surface area (Å²) in [5, 5.41) is 12.9. The fourth-order valence-corrected chi connectivity index (χ4v) is 3.31. The summed E-state index contributed by atoms with van der Waals surface area (Å²) in [5.41, 5.74) is 2.72. The molecule has 2 aromatic carbocycles. The summed E-state index contributed by atoms with van der Waals surface area (Å²) < 4.78 is 28.9. The Morgan fingerprint density at radius 3 is 2.72 bits per heavy atom. The van der Waals surface area contributed by atoms with Gasteiger partial charge in [0.05, 0.1) is 17.1 Å². The third kappa shape index (κ3) is 2.45. The Morgan fingerprint density at radius 1 is 1.12 bits per heavy atom. The average molecular weight is 337 g/mol. The second kappa shape index (κ2) is 5.71. The first-order valence-electron chi connectivity index (χ1n) is 7.89. The van der Waals surface area contributed by atoms with E-state index in [1.54, 1.807) is 18.2 Å². The molecule has 0 spiro atoms. The molecule has 0 bridgehead atoms. The third-order valence-corrected chi connectivity index (χ3v) is 4.43. The first-order valence-corrected chi connectivity index (χ1v) is 7.89. The van der Waals surface area contributed by atoms with E-state index in [0.29, 0.717) is 35.5 Å². The molecule has 6 heteroatoms. The Labute approximate surface area is 142 Å². The van der Waals surface area contributed by atoms with Gasteiger partial charge in [-0.25, -0.2) is 8.78 Å². The number of hydrogen-bond acceptors (Lipinski definition) is 2. The van der Waals surface area contributed by atoms with Crippen LogP contribution in [0.15, 0.2) is 36.4 Å². The fraction of sp³-hybridized carbons (Fsp3) is 0.158. The van der Waals surface area contributed by atoms with Gasteiger partial charge in [-0.15, -0.1) is 0 Å². The molecular weight excluding hydrogens is 324 g/mol. The zero-order valence-electron chi connectivity index (χ0n) is 13.1. The molecule has 25 heavy (non-hydrogen) atoms. The van der Waals surface area contributed by atoms with E-state index in [0.717, 1.165) is 29.5 Å². The SMILES string of the molecule is N#Cc1cc(-c2ccc(F)c(F)c2)c2c(c1)cc1n2CCCNC1=O. The number of halogens is 2. The van der Waals surface area contributed by atoms with Gasteiger partial charge in [-0.05, 0) is 42.3 Å². The van der Waals surface area contributed by atoms with Gasteiger partial charge in [-0.1, -0.05) is 6.07 Å². The Bertz CT molecular complexity index is 1060. The van der Waals surface area contributed by atoms with Crippen molar-refractivity contribution in [3.8, 4) is 17.2 Å². The minimum atomic E-state index is -0.951. The van der Waals surface area contributed by atoms with E-state index < -0.39 is 11.6 Å². The molecule has 0 unspecified atom stereocenters. The van der Waals surface area contributed by atoms with Crippen LogP contribution in [0.3, 0.4) is 0 Å². The number of carbonyl (C=O) groups is 1. The molecule has 1 amide bonds. The maximum atomic E-state index is 13.7. The standard InChI is InChI=1S/C19H13F2N3O/c20-15-3-2-12(8-16(15)21)14-7-11(10-22)6-13-9-17-19(25)23-4-1-5-24(17)18(13)14/h2-3,6-9H,1,4-5H2,(H,23,25). The summed E-state index contributed by atoms with van der Waals surface area (Å²) >= 11 is 0. The van der Waals surface area contributed by atoms with Crippen LogP contribution in [0.1, 0.15) is 22.5 Å². The number of aromatic nitrogens is 1. The summed E-state index contributed by atoms with van der Waals surface area (Å²) in [6.45, 7) is 1.21. The van der Waals surface area contributed by atoms with Gasteiger partial charge in [0.25, 0.3) is 5.91 Å². The van der Waals surface area contributed by atoms with Crippen molar-refractivity contribution < 1.29 is 13.6 Å². The molecule has 2 heterocycles. The number of fused-ring (bicyclic) bond motifs is 3. The molecule has 124 valence electrons. The first-order chi connectivity index (χ1) is 12.1. The van der Waals surface area contributed by atoms with Crippen molar-refractivity contribution in [3.05, 3.63) is 59.3 Å². The van der Waals surface area contributed by atoms with E-state index in [-0.39, 0.29) is 5.91 Å². The van der Waals surface area contributed by atoms with Crippen LogP contribution in [0.5, 0.6) is 0 Å². The lowest BCUT2D eigenvalue weighted by Crippen LogP contribution is -2.22. The van der Waals surface area contributed by atoms with E-state index in [4.69, 9.17) is 0 Å². The largest absolute Gasteiger partial charge is 0.351 e. The molecule has 0 saturated carbocycles. The van der Waals surface area contributed by atoms with Gasteiger partial charge < -0.3 is 9.88 Å². The summed E-state index contributed by atoms with van der Waals surface area (Å²) in [6, 6.07) is 10.8. The van der Waals surface area contributed by atoms with Crippen LogP contribution < -0.4 is 5.32 Å². The molecule has 1 N–H and O–H groups in total. The minimum Gasteiger partial charge on any atom is -0.351 e. The number of rotatable bonds is 1. The van der Waals surface area contributed by atoms with Crippen molar-refractivity contribution in [2.24, 2.45) is 0 Å². The number of benzene rings is 2. The van der Waals surface area contributed by atoms with Gasteiger partial charge in [-0.2, -0.15) is 5.26 Å². The van der Waals surface area contributed by atoms with Gasteiger partial charge in [0.1, 0.15) is 5.69 Å². The van der Waals surface area contributed by atoms with Gasteiger partial charge >= 0.3 is 0 Å². The predicted octanol–water partition coefficient (Wildman–Crippen LogP) is 3.59. The molecule has 1 aliphatic rings. The van der Waals surface area contributed by atoms with Crippen LogP contribution in [0.4, 0.5) is 8.78 Å². The molecule has 1 aromatic heterocycles. The van der Waals surface area contributed by atoms with Crippen LogP contribution in [-0.4, -0.2) is 17.0 Å². The Balaban J connectivity index is 2.07. The zero-order valence-corrected chi connectivity index (χ0v) is 13.1. The minimum absolute atomic E-state index is 0.177. The van der Waals surface area contributed by atoms with E-state index in [1.165, 1.54) is 6.07 Å². The molecule has 4 rings (SSSR count). The average Bonchev–Trinajstić information content (AvgIpc) is 2.89. The molecule has 0 radical (unpaired) electrons. The lowest BCUT2D eigenvalue weighted by molar-refractivity contribution is 0.0951. The monoisotopic (exact) mass is 337 g/mol. The van der Waals surface area contributed by atoms with Crippen LogP contribution in [0.25, 0.3) is 22.0 Å². The quantitative estimate of drug-likeness (QED) is 0.738. The summed E-state index contributed by atoms with van der Waals surface area (Å²) in [7, 11) is 0. The fourth-order valence-electron chi connectivity index (χ4n) is 3.31. The number of nitrogens with one attached hydrogen (secondary N) is 1. The highest BCUT2D eigenvalue weighted by Crippen LogP contribution is 2.34. The van der Waals surface area contributed by atoms with E-state index >= 15 is 0 Å². The van der Waals surface area contributed by atoms with Crippen LogP contribution in [0, 0.1) is 23.0 Å². The van der Waals surface area contributed by atoms with Gasteiger partial charge in [-0.3, -0.25) is 4.79 Å². The number of hydrogen-bond donors (Lipinski definition) is 1. The molecule has 0 saturated heterocycles. The summed E-state index contributed by atoms with van der Waals surface area (Å²) in [5.74, 6) is -2.05. The smallest absolute Gasteiger partial charge is 0.267 e.